The minimum absolute atomic E-state index is 0.521. The maximum atomic E-state index is 6.23. The Balaban J connectivity index is 2.12. The van der Waals surface area contributed by atoms with E-state index in [1.165, 1.54) is 38.5 Å². The molecular formula is C18H37NO. The van der Waals surface area contributed by atoms with Gasteiger partial charge >= 0.3 is 0 Å². The molecule has 0 aromatic carbocycles. The molecule has 1 aliphatic rings. The molecule has 0 spiro atoms. The van der Waals surface area contributed by atoms with Crippen LogP contribution in [0.25, 0.3) is 0 Å². The maximum Gasteiger partial charge on any atom is 0.0608 e. The van der Waals surface area contributed by atoms with Gasteiger partial charge in [-0.1, -0.05) is 41.0 Å². The lowest BCUT2D eigenvalue weighted by atomic mass is 9.75. The first kappa shape index (κ1) is 18.0. The van der Waals surface area contributed by atoms with Crippen molar-refractivity contribution in [1.82, 2.24) is 5.32 Å². The zero-order valence-corrected chi connectivity index (χ0v) is 14.5. The zero-order chi connectivity index (χ0) is 15.0. The van der Waals surface area contributed by atoms with E-state index in [9.17, 15) is 0 Å². The van der Waals surface area contributed by atoms with Crippen molar-refractivity contribution in [3.8, 4) is 0 Å². The van der Waals surface area contributed by atoms with E-state index in [4.69, 9.17) is 4.74 Å². The molecule has 1 rings (SSSR count). The smallest absolute Gasteiger partial charge is 0.0608 e. The Bertz CT molecular complexity index is 240. The summed E-state index contributed by atoms with van der Waals surface area (Å²) in [6.45, 7) is 13.6. The summed E-state index contributed by atoms with van der Waals surface area (Å²) in [5.41, 5.74) is 0. The molecule has 0 heterocycles. The normalized spacial score (nSPS) is 27.4. The predicted octanol–water partition coefficient (Wildman–Crippen LogP) is 4.63. The van der Waals surface area contributed by atoms with Crippen LogP contribution in [-0.2, 0) is 4.74 Å². The fourth-order valence-electron chi connectivity index (χ4n) is 3.34. The molecule has 1 saturated carbocycles. The molecule has 2 nitrogen and oxygen atoms in total. The molecule has 0 radical (unpaired) electrons. The second-order valence-corrected chi connectivity index (χ2v) is 7.40. The lowest BCUT2D eigenvalue weighted by Crippen LogP contribution is -2.34. The fraction of sp³-hybridized carbons (Fsp3) is 1.00. The van der Waals surface area contributed by atoms with Gasteiger partial charge < -0.3 is 10.1 Å². The molecule has 0 aromatic heterocycles. The van der Waals surface area contributed by atoms with Gasteiger partial charge in [-0.2, -0.15) is 0 Å². The molecule has 1 fully saturated rings. The van der Waals surface area contributed by atoms with Crippen LogP contribution in [0.5, 0.6) is 0 Å². The second-order valence-electron chi connectivity index (χ2n) is 7.40. The second kappa shape index (κ2) is 9.78. The topological polar surface area (TPSA) is 21.3 Å². The van der Waals surface area contributed by atoms with E-state index in [1.807, 2.05) is 0 Å². The number of rotatable bonds is 9. The third-order valence-electron chi connectivity index (χ3n) is 4.67. The van der Waals surface area contributed by atoms with E-state index in [1.54, 1.807) is 0 Å². The van der Waals surface area contributed by atoms with Crippen molar-refractivity contribution in [1.29, 1.82) is 0 Å². The average molecular weight is 284 g/mol. The van der Waals surface area contributed by atoms with Gasteiger partial charge in [0.1, 0.15) is 0 Å². The summed E-state index contributed by atoms with van der Waals surface area (Å²) in [5, 5.41) is 3.47. The number of ether oxygens (including phenoxy) is 1. The van der Waals surface area contributed by atoms with Gasteiger partial charge in [-0.25, -0.2) is 0 Å². The Kier molecular flexibility index (Phi) is 8.79. The van der Waals surface area contributed by atoms with Crippen LogP contribution in [0.3, 0.4) is 0 Å². The van der Waals surface area contributed by atoms with Gasteiger partial charge in [0.2, 0.25) is 0 Å². The molecule has 3 unspecified atom stereocenters. The van der Waals surface area contributed by atoms with E-state index >= 15 is 0 Å². The summed E-state index contributed by atoms with van der Waals surface area (Å²) in [6.07, 6.45) is 8.33. The van der Waals surface area contributed by atoms with Gasteiger partial charge in [0.15, 0.2) is 0 Å². The van der Waals surface area contributed by atoms with E-state index in [-0.39, 0.29) is 0 Å². The summed E-state index contributed by atoms with van der Waals surface area (Å²) in [7, 11) is 0. The van der Waals surface area contributed by atoms with Gasteiger partial charge in [0, 0.05) is 12.6 Å². The minimum Gasteiger partial charge on any atom is -0.378 e. The Hall–Kier alpha value is -0.0800. The summed E-state index contributed by atoms with van der Waals surface area (Å²) in [5.74, 6) is 2.40. The Morgan fingerprint density at radius 2 is 1.80 bits per heavy atom. The number of unbranched alkanes of at least 4 members (excludes halogenated alkanes) is 2. The maximum absolute atomic E-state index is 6.23. The summed E-state index contributed by atoms with van der Waals surface area (Å²) in [6, 6.07) is 0.613. The van der Waals surface area contributed by atoms with Crippen molar-refractivity contribution < 1.29 is 4.74 Å². The molecule has 1 aliphatic carbocycles. The van der Waals surface area contributed by atoms with Gasteiger partial charge in [0.25, 0.3) is 0 Å². The molecule has 120 valence electrons. The highest BCUT2D eigenvalue weighted by Crippen LogP contribution is 2.35. The van der Waals surface area contributed by atoms with Crippen LogP contribution in [-0.4, -0.2) is 25.3 Å². The SMILES string of the molecule is CC1CCC(C(C)C)C(OCCCCCNC(C)C)C1. The Morgan fingerprint density at radius 1 is 1.05 bits per heavy atom. The highest BCUT2D eigenvalue weighted by Gasteiger charge is 2.31. The first-order chi connectivity index (χ1) is 9.50. The van der Waals surface area contributed by atoms with Crippen LogP contribution in [0, 0.1) is 17.8 Å². The van der Waals surface area contributed by atoms with Crippen molar-refractivity contribution in [2.75, 3.05) is 13.2 Å². The molecule has 2 heteroatoms. The molecule has 20 heavy (non-hydrogen) atoms. The number of hydrogen-bond donors (Lipinski definition) is 1. The summed E-state index contributed by atoms with van der Waals surface area (Å²) < 4.78 is 6.23. The zero-order valence-electron chi connectivity index (χ0n) is 14.5. The molecule has 3 atom stereocenters. The van der Waals surface area contributed by atoms with Crippen LogP contribution in [0.2, 0.25) is 0 Å². The van der Waals surface area contributed by atoms with Crippen LogP contribution >= 0.6 is 0 Å². The van der Waals surface area contributed by atoms with Gasteiger partial charge in [-0.05, 0) is 56.4 Å². The van der Waals surface area contributed by atoms with E-state index in [0.717, 1.165) is 30.9 Å². The quantitative estimate of drug-likeness (QED) is 0.623. The van der Waals surface area contributed by atoms with Crippen molar-refractivity contribution in [3.05, 3.63) is 0 Å². The molecule has 0 aromatic rings. The molecule has 0 bridgehead atoms. The van der Waals surface area contributed by atoms with Crippen molar-refractivity contribution in [2.45, 2.75) is 85.3 Å². The summed E-state index contributed by atoms with van der Waals surface area (Å²) >= 11 is 0. The molecule has 0 amide bonds. The van der Waals surface area contributed by atoms with Crippen LogP contribution in [0.1, 0.15) is 73.1 Å². The average Bonchev–Trinajstić information content (AvgIpc) is 2.37. The highest BCUT2D eigenvalue weighted by molar-refractivity contribution is 4.81. The van der Waals surface area contributed by atoms with Gasteiger partial charge in [0.05, 0.1) is 6.10 Å². The minimum atomic E-state index is 0.521. The molecule has 0 aliphatic heterocycles. The van der Waals surface area contributed by atoms with E-state index in [0.29, 0.717) is 12.1 Å². The fourth-order valence-corrected chi connectivity index (χ4v) is 3.34. The molecule has 0 saturated heterocycles. The standard InChI is InChI=1S/C18H37NO/c1-14(2)17-10-9-16(5)13-18(17)20-12-8-6-7-11-19-15(3)4/h14-19H,6-13H2,1-5H3. The lowest BCUT2D eigenvalue weighted by molar-refractivity contribution is -0.0394. The summed E-state index contributed by atoms with van der Waals surface area (Å²) in [4.78, 5) is 0. The van der Waals surface area contributed by atoms with Crippen molar-refractivity contribution >= 4 is 0 Å². The van der Waals surface area contributed by atoms with Crippen molar-refractivity contribution in [2.24, 2.45) is 17.8 Å². The number of nitrogens with one attached hydrogen (secondary N) is 1. The van der Waals surface area contributed by atoms with Crippen molar-refractivity contribution in [3.63, 3.8) is 0 Å². The van der Waals surface area contributed by atoms with Gasteiger partial charge in [-0.15, -0.1) is 0 Å². The Morgan fingerprint density at radius 3 is 2.45 bits per heavy atom. The predicted molar refractivity (Wildman–Crippen MR) is 88.1 cm³/mol. The highest BCUT2D eigenvalue weighted by atomic mass is 16.5. The molecule has 1 N–H and O–H groups in total. The number of hydrogen-bond acceptors (Lipinski definition) is 2. The van der Waals surface area contributed by atoms with Crippen LogP contribution in [0.15, 0.2) is 0 Å². The largest absolute Gasteiger partial charge is 0.378 e. The third kappa shape index (κ3) is 7.08. The lowest BCUT2D eigenvalue weighted by Gasteiger charge is -2.37. The Labute approximate surface area is 127 Å². The van der Waals surface area contributed by atoms with Gasteiger partial charge in [-0.3, -0.25) is 0 Å². The van der Waals surface area contributed by atoms with Crippen LogP contribution in [0.4, 0.5) is 0 Å². The first-order valence-electron chi connectivity index (χ1n) is 8.85. The van der Waals surface area contributed by atoms with Crippen LogP contribution < -0.4 is 5.32 Å². The first-order valence-corrected chi connectivity index (χ1v) is 8.85. The third-order valence-corrected chi connectivity index (χ3v) is 4.67. The van der Waals surface area contributed by atoms with E-state index < -0.39 is 0 Å². The monoisotopic (exact) mass is 283 g/mol. The molecular weight excluding hydrogens is 246 g/mol. The van der Waals surface area contributed by atoms with E-state index in [2.05, 4.69) is 39.9 Å².